The van der Waals surface area contributed by atoms with Crippen LogP contribution >= 0.6 is 0 Å². The van der Waals surface area contributed by atoms with Crippen LogP contribution < -0.4 is 0 Å². The fourth-order valence-corrected chi connectivity index (χ4v) is 0.425. The summed E-state index contributed by atoms with van der Waals surface area (Å²) in [5, 5.41) is 13.6. The Balaban J connectivity index is 2.60. The number of rotatable bonds is 0. The zero-order valence-corrected chi connectivity index (χ0v) is 5.37. The molecule has 1 aliphatic rings. The van der Waals surface area contributed by atoms with Crippen LogP contribution in [0.2, 0.25) is 0 Å². The number of hydrogen-bond acceptors (Lipinski definition) is 4. The van der Waals surface area contributed by atoms with Crippen molar-refractivity contribution in [3.8, 4) is 0 Å². The van der Waals surface area contributed by atoms with Crippen LogP contribution in [0, 0.1) is 0 Å². The minimum atomic E-state index is 0.0130. The van der Waals surface area contributed by atoms with E-state index in [1.54, 1.807) is 0 Å². The second-order valence-electron chi connectivity index (χ2n) is 0.756. The van der Waals surface area contributed by atoms with Gasteiger partial charge in [-0.05, 0) is 0 Å². The van der Waals surface area contributed by atoms with Gasteiger partial charge in [-0.1, -0.05) is 0 Å². The molecule has 4 nitrogen and oxygen atoms in total. The van der Waals surface area contributed by atoms with E-state index in [1.165, 1.54) is 22.3 Å². The van der Waals surface area contributed by atoms with Crippen molar-refractivity contribution in [2.45, 2.75) is 4.21 Å². The minimum absolute atomic E-state index is 0.0130. The van der Waals surface area contributed by atoms with Crippen molar-refractivity contribution in [3.05, 3.63) is 0 Å². The van der Waals surface area contributed by atoms with E-state index in [9.17, 15) is 0 Å². The molecule has 0 aromatic carbocycles. The fraction of sp³-hybridized carbons (Fsp3) is 1.00. The average molecular weight is 198 g/mol. The summed E-state index contributed by atoms with van der Waals surface area (Å²) in [5.74, 6) is 0. The second kappa shape index (κ2) is 1.63. The maximum absolute atomic E-state index is 3.55. The van der Waals surface area contributed by atoms with Crippen molar-refractivity contribution in [2.75, 3.05) is 0 Å². The zero-order valence-electron chi connectivity index (χ0n) is 2.81. The Kier molecular flexibility index (Phi) is 1.13. The molecule has 0 aromatic heterocycles. The summed E-state index contributed by atoms with van der Waals surface area (Å²) in [4.78, 5) is 0. The van der Waals surface area contributed by atoms with Gasteiger partial charge >= 0.3 is 47.2 Å². The van der Waals surface area contributed by atoms with Crippen molar-refractivity contribution in [3.63, 3.8) is 0 Å². The summed E-state index contributed by atoms with van der Waals surface area (Å²) >= 11 is 1.50. The first-order chi connectivity index (χ1) is 2.89. The van der Waals surface area contributed by atoms with Gasteiger partial charge in [0.2, 0.25) is 0 Å². The van der Waals surface area contributed by atoms with Gasteiger partial charge in [-0.3, -0.25) is 0 Å². The van der Waals surface area contributed by atoms with Crippen molar-refractivity contribution in [1.29, 1.82) is 0 Å². The topological polar surface area (TPSA) is 49.4 Å². The van der Waals surface area contributed by atoms with Gasteiger partial charge in [0.15, 0.2) is 0 Å². The van der Waals surface area contributed by atoms with Gasteiger partial charge < -0.3 is 0 Å². The summed E-state index contributed by atoms with van der Waals surface area (Å²) in [6.45, 7) is 0. The molecule has 0 unspecified atom stereocenters. The summed E-state index contributed by atoms with van der Waals surface area (Å²) in [6.07, 6.45) is 0. The molecule has 0 saturated heterocycles. The van der Waals surface area contributed by atoms with E-state index in [1.807, 2.05) is 0 Å². The fourth-order valence-electron chi connectivity index (χ4n) is 0.162. The molecule has 0 aliphatic carbocycles. The van der Waals surface area contributed by atoms with Crippen molar-refractivity contribution in [2.24, 2.45) is 20.7 Å². The normalized spacial score (nSPS) is 20.2. The van der Waals surface area contributed by atoms with Gasteiger partial charge in [-0.15, -0.1) is 0 Å². The van der Waals surface area contributed by atoms with Gasteiger partial charge in [-0.2, -0.15) is 0 Å². The first-order valence-electron chi connectivity index (χ1n) is 1.37. The van der Waals surface area contributed by atoms with E-state index in [0.29, 0.717) is 0 Å². The molecule has 0 radical (unpaired) electrons. The molecule has 1 aliphatic heterocycles. The van der Waals surface area contributed by atoms with Gasteiger partial charge in [0.1, 0.15) is 0 Å². The molecular weight excluding hydrogens is 196 g/mol. The van der Waals surface area contributed by atoms with Gasteiger partial charge in [0, 0.05) is 0 Å². The van der Waals surface area contributed by atoms with Crippen LogP contribution in [-0.2, 0) is 0 Å². The molecule has 0 saturated carbocycles. The van der Waals surface area contributed by atoms with E-state index in [0.717, 1.165) is 0 Å². The quantitative estimate of drug-likeness (QED) is 0.491. The van der Waals surface area contributed by atoms with Gasteiger partial charge in [0.25, 0.3) is 0 Å². The van der Waals surface area contributed by atoms with Crippen LogP contribution in [0.25, 0.3) is 0 Å². The van der Waals surface area contributed by atoms with E-state index in [4.69, 9.17) is 0 Å². The van der Waals surface area contributed by atoms with Crippen molar-refractivity contribution >= 4 is 22.3 Å². The summed E-state index contributed by atoms with van der Waals surface area (Å²) in [5.41, 5.74) is 0. The van der Waals surface area contributed by atoms with Crippen LogP contribution in [0.15, 0.2) is 20.7 Å². The Bertz CT molecular complexity index is 83.7. The molecule has 0 atom stereocenters. The number of nitrogens with zero attached hydrogens (tertiary/aromatic N) is 4. The molecular formula is CH2N4Te. The molecule has 0 N–H and O–H groups in total. The predicted octanol–water partition coefficient (Wildman–Crippen LogP) is 0.00380. The monoisotopic (exact) mass is 200 g/mol. The summed E-state index contributed by atoms with van der Waals surface area (Å²) in [7, 11) is 0. The second-order valence-corrected chi connectivity index (χ2v) is 2.07. The molecule has 32 valence electrons. The van der Waals surface area contributed by atoms with Gasteiger partial charge in [0.05, 0.1) is 0 Å². The van der Waals surface area contributed by atoms with Crippen LogP contribution in [0.5, 0.6) is 0 Å². The third kappa shape index (κ3) is 0.730. The first kappa shape index (κ1) is 4.16. The predicted molar refractivity (Wildman–Crippen MR) is 20.6 cm³/mol. The molecule has 0 aromatic rings. The van der Waals surface area contributed by atoms with Crippen LogP contribution in [-0.4, -0.2) is 26.5 Å². The average Bonchev–Trinajstić information content (AvgIpc) is 1.86. The Labute approximate surface area is 47.6 Å². The van der Waals surface area contributed by atoms with E-state index < -0.39 is 0 Å². The van der Waals surface area contributed by atoms with Crippen molar-refractivity contribution in [1.82, 2.24) is 0 Å². The summed E-state index contributed by atoms with van der Waals surface area (Å²) < 4.78 is 0.0130. The van der Waals surface area contributed by atoms with Crippen LogP contribution in [0.1, 0.15) is 0 Å². The zero-order chi connectivity index (χ0) is 4.41. The molecule has 0 amide bonds. The molecule has 0 bridgehead atoms. The maximum atomic E-state index is 3.55. The Morgan fingerprint density at radius 3 is 1.83 bits per heavy atom. The Morgan fingerprint density at radius 1 is 1.17 bits per heavy atom. The standard InChI is InChI=1S/CH2N4Te/c6-1-2-4-5-3-1/h1,6H. The molecule has 0 fully saturated rings. The number of hydrogen-bond donors (Lipinski definition) is 0. The molecule has 1 heterocycles. The van der Waals surface area contributed by atoms with E-state index >= 15 is 0 Å². The first-order valence-corrected chi connectivity index (χ1v) is 2.85. The SMILES string of the molecule is [TeH]C1N=NN=N1. The van der Waals surface area contributed by atoms with Gasteiger partial charge in [-0.25, -0.2) is 0 Å². The molecule has 6 heavy (non-hydrogen) atoms. The molecule has 0 spiro atoms. The van der Waals surface area contributed by atoms with Crippen LogP contribution in [0.4, 0.5) is 0 Å². The van der Waals surface area contributed by atoms with Crippen LogP contribution in [0.3, 0.4) is 0 Å². The summed E-state index contributed by atoms with van der Waals surface area (Å²) in [6, 6.07) is 0. The van der Waals surface area contributed by atoms with E-state index in [-0.39, 0.29) is 4.21 Å². The van der Waals surface area contributed by atoms with E-state index in [2.05, 4.69) is 20.7 Å². The third-order valence-electron chi connectivity index (χ3n) is 0.350. The van der Waals surface area contributed by atoms with Crippen molar-refractivity contribution < 1.29 is 0 Å². The molecule has 5 heteroatoms. The molecule has 1 rings (SSSR count). The third-order valence-corrected chi connectivity index (χ3v) is 0.939. The Morgan fingerprint density at radius 2 is 1.67 bits per heavy atom. The Hall–Kier alpha value is -0.0104.